The SMILES string of the molecule is N#CC(CCCOc1ccc2c(c1)OCO2)c1ccccc1F. The molecule has 5 heteroatoms. The van der Waals surface area contributed by atoms with Gasteiger partial charge in [-0.05, 0) is 31.0 Å². The van der Waals surface area contributed by atoms with Crippen molar-refractivity contribution < 1.29 is 18.6 Å². The first-order valence-electron chi connectivity index (χ1n) is 7.44. The highest BCUT2D eigenvalue weighted by Crippen LogP contribution is 2.35. The average Bonchev–Trinajstić information content (AvgIpc) is 3.04. The second-order valence-corrected chi connectivity index (χ2v) is 5.21. The average molecular weight is 313 g/mol. The summed E-state index contributed by atoms with van der Waals surface area (Å²) in [6.45, 7) is 0.678. The zero-order chi connectivity index (χ0) is 16.1. The molecule has 4 nitrogen and oxygen atoms in total. The van der Waals surface area contributed by atoms with Gasteiger partial charge in [0.05, 0.1) is 18.6 Å². The van der Waals surface area contributed by atoms with Gasteiger partial charge in [-0.2, -0.15) is 5.26 Å². The molecule has 0 fully saturated rings. The van der Waals surface area contributed by atoms with Gasteiger partial charge < -0.3 is 14.2 Å². The number of benzene rings is 2. The van der Waals surface area contributed by atoms with Gasteiger partial charge in [0.15, 0.2) is 11.5 Å². The second kappa shape index (κ2) is 7.01. The number of ether oxygens (including phenoxy) is 3. The van der Waals surface area contributed by atoms with Gasteiger partial charge in [0.1, 0.15) is 11.6 Å². The van der Waals surface area contributed by atoms with Gasteiger partial charge >= 0.3 is 0 Å². The third-order valence-corrected chi connectivity index (χ3v) is 3.69. The Morgan fingerprint density at radius 3 is 2.83 bits per heavy atom. The van der Waals surface area contributed by atoms with Gasteiger partial charge in [0.2, 0.25) is 6.79 Å². The molecule has 0 bridgehead atoms. The van der Waals surface area contributed by atoms with Crippen LogP contribution in [0.25, 0.3) is 0 Å². The van der Waals surface area contributed by atoms with E-state index in [0.29, 0.717) is 42.3 Å². The number of hydrogen-bond donors (Lipinski definition) is 0. The number of hydrogen-bond acceptors (Lipinski definition) is 4. The Bertz CT molecular complexity index is 726. The van der Waals surface area contributed by atoms with E-state index in [1.54, 1.807) is 30.3 Å². The molecular formula is C18H16FNO3. The molecule has 0 aromatic heterocycles. The minimum Gasteiger partial charge on any atom is -0.493 e. The summed E-state index contributed by atoms with van der Waals surface area (Å²) in [5.41, 5.74) is 0.443. The first-order valence-corrected chi connectivity index (χ1v) is 7.44. The number of nitrogens with zero attached hydrogens (tertiary/aromatic N) is 1. The predicted octanol–water partition coefficient (Wildman–Crippen LogP) is 4.02. The topological polar surface area (TPSA) is 51.5 Å². The Morgan fingerprint density at radius 2 is 2.00 bits per heavy atom. The maximum Gasteiger partial charge on any atom is 0.231 e. The van der Waals surface area contributed by atoms with E-state index in [0.717, 1.165) is 0 Å². The van der Waals surface area contributed by atoms with Crippen molar-refractivity contribution in [2.75, 3.05) is 13.4 Å². The lowest BCUT2D eigenvalue weighted by Crippen LogP contribution is -2.03. The summed E-state index contributed by atoms with van der Waals surface area (Å²) in [6, 6.07) is 13.9. The molecule has 0 radical (unpaired) electrons. The van der Waals surface area contributed by atoms with Crippen LogP contribution < -0.4 is 14.2 Å². The fraction of sp³-hybridized carbons (Fsp3) is 0.278. The number of rotatable bonds is 6. The molecule has 0 spiro atoms. The lowest BCUT2D eigenvalue weighted by atomic mass is 9.95. The number of fused-ring (bicyclic) bond motifs is 1. The van der Waals surface area contributed by atoms with E-state index in [1.165, 1.54) is 6.07 Å². The largest absolute Gasteiger partial charge is 0.493 e. The van der Waals surface area contributed by atoms with E-state index in [4.69, 9.17) is 14.2 Å². The summed E-state index contributed by atoms with van der Waals surface area (Å²) in [5.74, 6) is 1.27. The normalized spacial score (nSPS) is 13.4. The maximum absolute atomic E-state index is 13.7. The van der Waals surface area contributed by atoms with Gasteiger partial charge in [-0.15, -0.1) is 0 Å². The number of nitriles is 1. The Morgan fingerprint density at radius 1 is 1.17 bits per heavy atom. The lowest BCUT2D eigenvalue weighted by molar-refractivity contribution is 0.173. The molecule has 1 atom stereocenters. The van der Waals surface area contributed by atoms with Gasteiger partial charge in [-0.25, -0.2) is 4.39 Å². The van der Waals surface area contributed by atoms with Crippen molar-refractivity contribution >= 4 is 0 Å². The van der Waals surface area contributed by atoms with E-state index in [1.807, 2.05) is 6.07 Å². The minimum atomic E-state index is -0.462. The highest BCUT2D eigenvalue weighted by atomic mass is 19.1. The van der Waals surface area contributed by atoms with Crippen molar-refractivity contribution in [3.8, 4) is 23.3 Å². The Hall–Kier alpha value is -2.74. The van der Waals surface area contributed by atoms with E-state index in [-0.39, 0.29) is 12.6 Å². The van der Waals surface area contributed by atoms with Crippen molar-refractivity contribution in [3.05, 3.63) is 53.8 Å². The first-order chi connectivity index (χ1) is 11.3. The molecule has 2 aromatic rings. The smallest absolute Gasteiger partial charge is 0.231 e. The van der Waals surface area contributed by atoms with Crippen LogP contribution in [0.5, 0.6) is 17.2 Å². The molecule has 0 amide bonds. The summed E-state index contributed by atoms with van der Waals surface area (Å²) in [4.78, 5) is 0. The van der Waals surface area contributed by atoms with E-state index in [9.17, 15) is 9.65 Å². The molecule has 1 aliphatic heterocycles. The molecule has 3 rings (SSSR count). The third-order valence-electron chi connectivity index (χ3n) is 3.69. The molecule has 0 aliphatic carbocycles. The summed E-state index contributed by atoms with van der Waals surface area (Å²) in [7, 11) is 0. The molecule has 118 valence electrons. The molecule has 1 heterocycles. The monoisotopic (exact) mass is 313 g/mol. The van der Waals surface area contributed by atoms with Crippen LogP contribution in [0, 0.1) is 17.1 Å². The van der Waals surface area contributed by atoms with E-state index in [2.05, 4.69) is 6.07 Å². The Kier molecular flexibility index (Phi) is 4.62. The van der Waals surface area contributed by atoms with Crippen LogP contribution in [0.1, 0.15) is 24.3 Å². The van der Waals surface area contributed by atoms with Gasteiger partial charge in [-0.3, -0.25) is 0 Å². The van der Waals surface area contributed by atoms with Crippen molar-refractivity contribution in [3.63, 3.8) is 0 Å². The van der Waals surface area contributed by atoms with Crippen LogP contribution in [-0.4, -0.2) is 13.4 Å². The minimum absolute atomic E-state index is 0.227. The fourth-order valence-electron chi connectivity index (χ4n) is 2.49. The van der Waals surface area contributed by atoms with Crippen molar-refractivity contribution in [1.82, 2.24) is 0 Å². The fourth-order valence-corrected chi connectivity index (χ4v) is 2.49. The number of halogens is 1. The van der Waals surface area contributed by atoms with Gasteiger partial charge in [-0.1, -0.05) is 18.2 Å². The maximum atomic E-state index is 13.7. The summed E-state index contributed by atoms with van der Waals surface area (Å²) >= 11 is 0. The standard InChI is InChI=1S/C18H16FNO3/c19-16-6-2-1-5-15(16)13(11-20)4-3-9-21-14-7-8-17-18(10-14)23-12-22-17/h1-2,5-8,10,13H,3-4,9,12H2. The lowest BCUT2D eigenvalue weighted by Gasteiger charge is -2.11. The Labute approximate surface area is 134 Å². The predicted molar refractivity (Wildman–Crippen MR) is 82.0 cm³/mol. The first kappa shape index (κ1) is 15.2. The van der Waals surface area contributed by atoms with Crippen LogP contribution in [-0.2, 0) is 0 Å². The molecule has 0 saturated heterocycles. The van der Waals surface area contributed by atoms with Crippen molar-refractivity contribution in [2.24, 2.45) is 0 Å². The summed E-state index contributed by atoms with van der Waals surface area (Å²) < 4.78 is 29.9. The molecule has 1 unspecified atom stereocenters. The van der Waals surface area contributed by atoms with Gasteiger partial charge in [0, 0.05) is 11.6 Å². The highest BCUT2D eigenvalue weighted by molar-refractivity contribution is 5.46. The zero-order valence-electron chi connectivity index (χ0n) is 12.5. The molecule has 0 saturated carbocycles. The third kappa shape index (κ3) is 3.54. The molecule has 0 N–H and O–H groups in total. The Balaban J connectivity index is 1.51. The van der Waals surface area contributed by atoms with E-state index >= 15 is 0 Å². The highest BCUT2D eigenvalue weighted by Gasteiger charge is 2.15. The van der Waals surface area contributed by atoms with Crippen LogP contribution in [0.3, 0.4) is 0 Å². The quantitative estimate of drug-likeness (QED) is 0.756. The molecule has 2 aromatic carbocycles. The second-order valence-electron chi connectivity index (χ2n) is 5.21. The van der Waals surface area contributed by atoms with Crippen LogP contribution in [0.2, 0.25) is 0 Å². The van der Waals surface area contributed by atoms with Gasteiger partial charge in [0.25, 0.3) is 0 Å². The van der Waals surface area contributed by atoms with Crippen LogP contribution in [0.15, 0.2) is 42.5 Å². The summed E-state index contributed by atoms with van der Waals surface area (Å²) in [5, 5.41) is 9.24. The molecule has 23 heavy (non-hydrogen) atoms. The molecular weight excluding hydrogens is 297 g/mol. The zero-order valence-corrected chi connectivity index (χ0v) is 12.5. The van der Waals surface area contributed by atoms with Crippen LogP contribution >= 0.6 is 0 Å². The summed E-state index contributed by atoms with van der Waals surface area (Å²) in [6.07, 6.45) is 1.20. The van der Waals surface area contributed by atoms with Crippen molar-refractivity contribution in [2.45, 2.75) is 18.8 Å². The molecule has 1 aliphatic rings. The van der Waals surface area contributed by atoms with E-state index < -0.39 is 5.92 Å². The van der Waals surface area contributed by atoms with Crippen LogP contribution in [0.4, 0.5) is 4.39 Å². The van der Waals surface area contributed by atoms with Crippen molar-refractivity contribution in [1.29, 1.82) is 5.26 Å².